The minimum Gasteiger partial charge on any atom is -0.462 e. The largest absolute Gasteiger partial charge is 0.462 e. The number of benzene rings is 2. The first kappa shape index (κ1) is 23.4. The third kappa shape index (κ3) is 5.90. The summed E-state index contributed by atoms with van der Waals surface area (Å²) in [6.45, 7) is 2.01. The molecule has 7 nitrogen and oxygen atoms in total. The molecule has 2 aromatic carbocycles. The molecular formula is C23H20ClN3O4S. The predicted molar refractivity (Wildman–Crippen MR) is 123 cm³/mol. The Hall–Kier alpha value is -3.28. The summed E-state index contributed by atoms with van der Waals surface area (Å²) in [4.78, 5) is 36.3. The molecule has 2 N–H and O–H groups in total. The van der Waals surface area contributed by atoms with Gasteiger partial charge < -0.3 is 15.4 Å². The fourth-order valence-electron chi connectivity index (χ4n) is 3.15. The molecule has 0 saturated carbocycles. The molecule has 2 aromatic rings. The molecule has 0 aromatic heterocycles. The van der Waals surface area contributed by atoms with E-state index in [9.17, 15) is 19.6 Å². The summed E-state index contributed by atoms with van der Waals surface area (Å²) >= 11 is 7.03. The van der Waals surface area contributed by atoms with Gasteiger partial charge >= 0.3 is 5.97 Å². The molecule has 0 spiro atoms. The molecule has 164 valence electrons. The highest BCUT2D eigenvalue weighted by Gasteiger charge is 2.29. The zero-order chi connectivity index (χ0) is 23.1. The third-order valence-electron chi connectivity index (χ3n) is 4.66. The van der Waals surface area contributed by atoms with Crippen LogP contribution in [0.2, 0.25) is 5.02 Å². The van der Waals surface area contributed by atoms with Crippen molar-refractivity contribution in [1.29, 1.82) is 5.26 Å². The summed E-state index contributed by atoms with van der Waals surface area (Å²) in [6.07, 6.45) is 0.146. The average molecular weight is 470 g/mol. The minimum atomic E-state index is -0.430. The Kier molecular flexibility index (Phi) is 7.92. The van der Waals surface area contributed by atoms with E-state index in [1.165, 1.54) is 0 Å². The van der Waals surface area contributed by atoms with Gasteiger partial charge in [0.25, 0.3) is 0 Å². The van der Waals surface area contributed by atoms with Crippen LogP contribution in [0.4, 0.5) is 5.69 Å². The molecule has 32 heavy (non-hydrogen) atoms. The number of rotatable bonds is 7. The minimum absolute atomic E-state index is 0.00619. The van der Waals surface area contributed by atoms with Gasteiger partial charge in [0.2, 0.25) is 11.8 Å². The molecule has 0 fully saturated rings. The maximum absolute atomic E-state index is 12.4. The van der Waals surface area contributed by atoms with Crippen molar-refractivity contribution in [2.45, 2.75) is 19.3 Å². The first-order chi connectivity index (χ1) is 15.4. The normalized spacial score (nSPS) is 15.5. The summed E-state index contributed by atoms with van der Waals surface area (Å²) in [7, 11) is 0. The average Bonchev–Trinajstić information content (AvgIpc) is 2.78. The summed E-state index contributed by atoms with van der Waals surface area (Å²) in [5.74, 6) is -1.37. The van der Waals surface area contributed by atoms with Crippen molar-refractivity contribution in [2.75, 3.05) is 17.7 Å². The van der Waals surface area contributed by atoms with E-state index < -0.39 is 11.9 Å². The van der Waals surface area contributed by atoms with Crippen LogP contribution in [-0.2, 0) is 14.3 Å². The quantitative estimate of drug-likeness (QED) is 0.587. The van der Waals surface area contributed by atoms with Crippen LogP contribution in [0.25, 0.3) is 0 Å². The first-order valence-corrected chi connectivity index (χ1v) is 11.2. The van der Waals surface area contributed by atoms with E-state index in [2.05, 4.69) is 16.7 Å². The Labute approximate surface area is 194 Å². The zero-order valence-electron chi connectivity index (χ0n) is 17.2. The lowest BCUT2D eigenvalue weighted by atomic mass is 9.87. The number of hydrogen-bond donors (Lipinski definition) is 2. The predicted octanol–water partition coefficient (Wildman–Crippen LogP) is 4.23. The number of anilines is 1. The molecule has 3 rings (SSSR count). The van der Waals surface area contributed by atoms with Crippen molar-refractivity contribution in [3.63, 3.8) is 0 Å². The molecule has 9 heteroatoms. The number of halogens is 1. The van der Waals surface area contributed by atoms with Crippen LogP contribution < -0.4 is 10.6 Å². The van der Waals surface area contributed by atoms with Gasteiger partial charge in [-0.05, 0) is 48.9 Å². The standard InChI is InChI=1S/C23H20ClN3O4S/c1-2-31-23(30)15-5-9-17(10-6-15)26-21(29)13-32-22-19(12-25)18(11-20(28)27-22)14-3-7-16(24)8-4-14/h3-10,18H,2,11,13H2,1H3,(H,26,29)(H,27,28)/t18-/m0/s1. The third-order valence-corrected chi connectivity index (χ3v) is 5.92. The van der Waals surface area contributed by atoms with Crippen molar-refractivity contribution in [3.8, 4) is 6.07 Å². The van der Waals surface area contributed by atoms with Gasteiger partial charge in [0.1, 0.15) is 0 Å². The second-order valence-corrected chi connectivity index (χ2v) is 8.27. The smallest absolute Gasteiger partial charge is 0.338 e. The molecule has 2 amide bonds. The van der Waals surface area contributed by atoms with E-state index in [1.54, 1.807) is 55.5 Å². The number of carbonyl (C=O) groups is 3. The van der Waals surface area contributed by atoms with E-state index in [-0.39, 0.29) is 30.6 Å². The molecule has 1 heterocycles. The second kappa shape index (κ2) is 10.8. The zero-order valence-corrected chi connectivity index (χ0v) is 18.8. The molecule has 1 atom stereocenters. The molecule has 0 saturated heterocycles. The highest BCUT2D eigenvalue weighted by atomic mass is 35.5. The van der Waals surface area contributed by atoms with Crippen molar-refractivity contribution in [3.05, 3.63) is 75.3 Å². The number of nitriles is 1. The van der Waals surface area contributed by atoms with Crippen LogP contribution in [0.5, 0.6) is 0 Å². The van der Waals surface area contributed by atoms with Gasteiger partial charge in [0.15, 0.2) is 0 Å². The van der Waals surface area contributed by atoms with Crippen molar-refractivity contribution in [2.24, 2.45) is 0 Å². The fourth-order valence-corrected chi connectivity index (χ4v) is 4.15. The number of thioether (sulfide) groups is 1. The number of nitrogens with one attached hydrogen (secondary N) is 2. The lowest BCUT2D eigenvalue weighted by Crippen LogP contribution is -2.31. The number of hydrogen-bond acceptors (Lipinski definition) is 6. The summed E-state index contributed by atoms with van der Waals surface area (Å²) < 4.78 is 4.93. The van der Waals surface area contributed by atoms with E-state index >= 15 is 0 Å². The van der Waals surface area contributed by atoms with Gasteiger partial charge in [-0.15, -0.1) is 0 Å². The molecule has 0 unspecified atom stereocenters. The van der Waals surface area contributed by atoms with Gasteiger partial charge in [-0.1, -0.05) is 35.5 Å². The monoisotopic (exact) mass is 469 g/mol. The molecular weight excluding hydrogens is 450 g/mol. The highest BCUT2D eigenvalue weighted by molar-refractivity contribution is 8.03. The van der Waals surface area contributed by atoms with E-state index in [4.69, 9.17) is 16.3 Å². The Balaban J connectivity index is 1.67. The Morgan fingerprint density at radius 1 is 1.22 bits per heavy atom. The maximum atomic E-state index is 12.4. The van der Waals surface area contributed by atoms with Gasteiger partial charge in [-0.25, -0.2) is 4.79 Å². The number of amides is 2. The topological polar surface area (TPSA) is 108 Å². The van der Waals surface area contributed by atoms with Crippen LogP contribution >= 0.6 is 23.4 Å². The molecule has 0 aliphatic carbocycles. The van der Waals surface area contributed by atoms with Crippen LogP contribution in [0.15, 0.2) is 59.1 Å². The second-order valence-electron chi connectivity index (χ2n) is 6.85. The highest BCUT2D eigenvalue weighted by Crippen LogP contribution is 2.36. The number of nitrogens with zero attached hydrogens (tertiary/aromatic N) is 1. The van der Waals surface area contributed by atoms with E-state index in [1.807, 2.05) is 0 Å². The Bertz CT molecular complexity index is 1090. The summed E-state index contributed by atoms with van der Waals surface area (Å²) in [5.41, 5.74) is 2.12. The number of esters is 1. The fraction of sp³-hybridized carbons (Fsp3) is 0.217. The summed E-state index contributed by atoms with van der Waals surface area (Å²) in [6, 6.07) is 15.5. The Morgan fingerprint density at radius 3 is 2.53 bits per heavy atom. The molecule has 0 radical (unpaired) electrons. The van der Waals surface area contributed by atoms with Gasteiger partial charge in [-0.2, -0.15) is 5.26 Å². The SMILES string of the molecule is CCOC(=O)c1ccc(NC(=O)CSC2=C(C#N)[C@H](c3ccc(Cl)cc3)CC(=O)N2)cc1. The molecule has 1 aliphatic heterocycles. The van der Waals surface area contributed by atoms with Crippen molar-refractivity contribution >= 4 is 46.8 Å². The van der Waals surface area contributed by atoms with Crippen LogP contribution in [0, 0.1) is 11.3 Å². The first-order valence-electron chi connectivity index (χ1n) is 9.80. The Morgan fingerprint density at radius 2 is 1.91 bits per heavy atom. The molecule has 1 aliphatic rings. The number of allylic oxidation sites excluding steroid dienone is 1. The van der Waals surface area contributed by atoms with Gasteiger partial charge in [0.05, 0.1) is 34.6 Å². The van der Waals surface area contributed by atoms with Crippen LogP contribution in [-0.4, -0.2) is 30.1 Å². The van der Waals surface area contributed by atoms with Gasteiger partial charge in [-0.3, -0.25) is 9.59 Å². The summed E-state index contributed by atoms with van der Waals surface area (Å²) in [5, 5.41) is 16.1. The van der Waals surface area contributed by atoms with Gasteiger partial charge in [0, 0.05) is 23.0 Å². The van der Waals surface area contributed by atoms with Crippen molar-refractivity contribution in [1.82, 2.24) is 5.32 Å². The maximum Gasteiger partial charge on any atom is 0.338 e. The lowest BCUT2D eigenvalue weighted by molar-refractivity contribution is -0.121. The van der Waals surface area contributed by atoms with Crippen LogP contribution in [0.3, 0.4) is 0 Å². The van der Waals surface area contributed by atoms with E-state index in [0.717, 1.165) is 17.3 Å². The number of ether oxygens (including phenoxy) is 1. The lowest BCUT2D eigenvalue weighted by Gasteiger charge is -2.25. The molecule has 0 bridgehead atoms. The van der Waals surface area contributed by atoms with Crippen LogP contribution in [0.1, 0.15) is 35.2 Å². The van der Waals surface area contributed by atoms with Crippen molar-refractivity contribution < 1.29 is 19.1 Å². The van der Waals surface area contributed by atoms with E-state index in [0.29, 0.717) is 26.9 Å². The number of carbonyl (C=O) groups excluding carboxylic acids is 3.